The van der Waals surface area contributed by atoms with Crippen molar-refractivity contribution in [1.82, 2.24) is 19.8 Å². The fourth-order valence-electron chi connectivity index (χ4n) is 2.43. The smallest absolute Gasteiger partial charge is 0.187 e. The van der Waals surface area contributed by atoms with Crippen LogP contribution in [0.25, 0.3) is 4.96 Å². The highest BCUT2D eigenvalue weighted by Gasteiger charge is 2.19. The minimum Gasteiger partial charge on any atom is -0.187 e. The van der Waals surface area contributed by atoms with E-state index in [9.17, 15) is 0 Å². The highest BCUT2D eigenvalue weighted by molar-refractivity contribution is 7.16. The summed E-state index contributed by atoms with van der Waals surface area (Å²) in [4.78, 5) is 0.901. The molecule has 0 unspecified atom stereocenters. The SMILES string of the molecule is CCCc1nnc2sc([C@H](CC)c3ccccc3)nn12. The van der Waals surface area contributed by atoms with Gasteiger partial charge in [0.05, 0.1) is 0 Å². The molecular weight excluding hydrogens is 268 g/mol. The summed E-state index contributed by atoms with van der Waals surface area (Å²) >= 11 is 1.65. The maximum atomic E-state index is 4.75. The molecular formula is C15H18N4S. The summed E-state index contributed by atoms with van der Waals surface area (Å²) in [6, 6.07) is 10.6. The molecule has 0 saturated heterocycles. The maximum absolute atomic E-state index is 4.75. The Morgan fingerprint density at radius 2 is 1.95 bits per heavy atom. The zero-order valence-electron chi connectivity index (χ0n) is 11.8. The molecule has 0 saturated carbocycles. The summed E-state index contributed by atoms with van der Waals surface area (Å²) < 4.78 is 1.91. The van der Waals surface area contributed by atoms with E-state index in [1.165, 1.54) is 5.56 Å². The molecule has 1 aromatic carbocycles. The first-order valence-electron chi connectivity index (χ1n) is 7.09. The Bertz CT molecular complexity index is 686. The van der Waals surface area contributed by atoms with Gasteiger partial charge in [0.25, 0.3) is 0 Å². The zero-order valence-corrected chi connectivity index (χ0v) is 12.6. The number of aryl methyl sites for hydroxylation is 1. The normalized spacial score (nSPS) is 12.9. The van der Waals surface area contributed by atoms with Gasteiger partial charge in [0.1, 0.15) is 5.01 Å². The van der Waals surface area contributed by atoms with Crippen molar-refractivity contribution in [3.05, 3.63) is 46.7 Å². The molecule has 20 heavy (non-hydrogen) atoms. The van der Waals surface area contributed by atoms with E-state index in [1.54, 1.807) is 11.3 Å². The number of nitrogens with zero attached hydrogens (tertiary/aromatic N) is 4. The molecule has 3 aromatic rings. The third-order valence-corrected chi connectivity index (χ3v) is 4.47. The summed E-state index contributed by atoms with van der Waals surface area (Å²) in [6.45, 7) is 4.35. The van der Waals surface area contributed by atoms with Gasteiger partial charge in [-0.2, -0.15) is 9.61 Å². The number of aromatic nitrogens is 4. The second-order valence-electron chi connectivity index (χ2n) is 4.87. The van der Waals surface area contributed by atoms with Crippen molar-refractivity contribution >= 4 is 16.3 Å². The van der Waals surface area contributed by atoms with Gasteiger partial charge >= 0.3 is 0 Å². The second kappa shape index (κ2) is 5.71. The first-order valence-corrected chi connectivity index (χ1v) is 7.91. The average molecular weight is 286 g/mol. The Kier molecular flexibility index (Phi) is 3.78. The molecule has 0 N–H and O–H groups in total. The van der Waals surface area contributed by atoms with E-state index >= 15 is 0 Å². The number of rotatable bonds is 5. The van der Waals surface area contributed by atoms with E-state index in [2.05, 4.69) is 48.3 Å². The summed E-state index contributed by atoms with van der Waals surface area (Å²) in [6.07, 6.45) is 3.02. The van der Waals surface area contributed by atoms with E-state index in [4.69, 9.17) is 5.10 Å². The van der Waals surface area contributed by atoms with E-state index < -0.39 is 0 Å². The van der Waals surface area contributed by atoms with Crippen molar-refractivity contribution in [3.8, 4) is 0 Å². The second-order valence-corrected chi connectivity index (χ2v) is 5.86. The van der Waals surface area contributed by atoms with Crippen molar-refractivity contribution < 1.29 is 0 Å². The number of benzene rings is 1. The third-order valence-electron chi connectivity index (χ3n) is 3.45. The molecule has 0 fully saturated rings. The van der Waals surface area contributed by atoms with Gasteiger partial charge in [0, 0.05) is 12.3 Å². The van der Waals surface area contributed by atoms with Gasteiger partial charge in [0.15, 0.2) is 5.82 Å². The van der Waals surface area contributed by atoms with E-state index in [1.807, 2.05) is 10.6 Å². The quantitative estimate of drug-likeness (QED) is 0.718. The summed E-state index contributed by atoms with van der Waals surface area (Å²) in [5.74, 6) is 1.31. The van der Waals surface area contributed by atoms with Crippen LogP contribution in [0.5, 0.6) is 0 Å². The van der Waals surface area contributed by atoms with Crippen molar-refractivity contribution in [1.29, 1.82) is 0 Å². The van der Waals surface area contributed by atoms with Gasteiger partial charge < -0.3 is 0 Å². The van der Waals surface area contributed by atoms with E-state index in [0.29, 0.717) is 5.92 Å². The lowest BCUT2D eigenvalue weighted by atomic mass is 9.97. The van der Waals surface area contributed by atoms with Crippen molar-refractivity contribution in [3.63, 3.8) is 0 Å². The fraction of sp³-hybridized carbons (Fsp3) is 0.400. The topological polar surface area (TPSA) is 43.1 Å². The summed E-state index contributed by atoms with van der Waals surface area (Å²) in [5, 5.41) is 14.3. The van der Waals surface area contributed by atoms with Crippen LogP contribution in [-0.2, 0) is 6.42 Å². The van der Waals surface area contributed by atoms with Crippen LogP contribution in [0, 0.1) is 0 Å². The van der Waals surface area contributed by atoms with E-state index in [-0.39, 0.29) is 0 Å². The van der Waals surface area contributed by atoms with Gasteiger partial charge in [0.2, 0.25) is 4.96 Å². The molecule has 0 amide bonds. The lowest BCUT2D eigenvalue weighted by Gasteiger charge is -2.11. The molecule has 0 aliphatic rings. The molecule has 0 bridgehead atoms. The average Bonchev–Trinajstić information content (AvgIpc) is 3.04. The number of fused-ring (bicyclic) bond motifs is 1. The molecule has 2 aromatic heterocycles. The Hall–Kier alpha value is -1.75. The first kappa shape index (κ1) is 13.2. The highest BCUT2D eigenvalue weighted by Crippen LogP contribution is 2.30. The minimum absolute atomic E-state index is 0.345. The molecule has 0 spiro atoms. The lowest BCUT2D eigenvalue weighted by molar-refractivity contribution is 0.717. The zero-order chi connectivity index (χ0) is 13.9. The van der Waals surface area contributed by atoms with Crippen LogP contribution in [-0.4, -0.2) is 19.8 Å². The Labute approximate surface area is 122 Å². The van der Waals surface area contributed by atoms with Gasteiger partial charge in [-0.25, -0.2) is 0 Å². The van der Waals surface area contributed by atoms with Crippen molar-refractivity contribution in [2.45, 2.75) is 39.0 Å². The fourth-order valence-corrected chi connectivity index (χ4v) is 3.50. The van der Waals surface area contributed by atoms with Crippen LogP contribution >= 0.6 is 11.3 Å². The van der Waals surface area contributed by atoms with Crippen LogP contribution in [0.1, 0.15) is 49.0 Å². The molecule has 0 radical (unpaired) electrons. The van der Waals surface area contributed by atoms with Crippen LogP contribution in [0.4, 0.5) is 0 Å². The minimum atomic E-state index is 0.345. The predicted molar refractivity (Wildman–Crippen MR) is 81.2 cm³/mol. The third kappa shape index (κ3) is 2.33. The summed E-state index contributed by atoms with van der Waals surface area (Å²) in [7, 11) is 0. The van der Waals surface area contributed by atoms with Crippen LogP contribution in [0.15, 0.2) is 30.3 Å². The van der Waals surface area contributed by atoms with E-state index in [0.717, 1.165) is 35.1 Å². The maximum Gasteiger partial charge on any atom is 0.234 e. The molecule has 3 rings (SSSR count). The predicted octanol–water partition coefficient (Wildman–Crippen LogP) is 3.68. The highest BCUT2D eigenvalue weighted by atomic mass is 32.1. The Morgan fingerprint density at radius 1 is 1.15 bits per heavy atom. The monoisotopic (exact) mass is 286 g/mol. The molecule has 2 heterocycles. The molecule has 0 aliphatic carbocycles. The van der Waals surface area contributed by atoms with Gasteiger partial charge in [-0.05, 0) is 18.4 Å². The van der Waals surface area contributed by atoms with Crippen LogP contribution < -0.4 is 0 Å². The molecule has 4 nitrogen and oxygen atoms in total. The molecule has 5 heteroatoms. The van der Waals surface area contributed by atoms with Crippen molar-refractivity contribution in [2.24, 2.45) is 0 Å². The molecule has 1 atom stereocenters. The standard InChI is InChI=1S/C15H18N4S/c1-3-8-13-16-17-15-19(13)18-14(20-15)12(4-2)11-9-6-5-7-10-11/h5-7,9-10,12H,3-4,8H2,1-2H3/t12-/m1/s1. The number of hydrogen-bond donors (Lipinski definition) is 0. The first-order chi connectivity index (χ1) is 9.83. The van der Waals surface area contributed by atoms with Gasteiger partial charge in [-0.15, -0.1) is 10.2 Å². The Morgan fingerprint density at radius 3 is 2.65 bits per heavy atom. The number of hydrogen-bond acceptors (Lipinski definition) is 4. The Balaban J connectivity index is 2.00. The molecule has 0 aliphatic heterocycles. The summed E-state index contributed by atoms with van der Waals surface area (Å²) in [5.41, 5.74) is 1.32. The van der Waals surface area contributed by atoms with Gasteiger partial charge in [-0.1, -0.05) is 55.5 Å². The lowest BCUT2D eigenvalue weighted by Crippen LogP contribution is -2.02. The van der Waals surface area contributed by atoms with Crippen LogP contribution in [0.3, 0.4) is 0 Å². The van der Waals surface area contributed by atoms with Crippen molar-refractivity contribution in [2.75, 3.05) is 0 Å². The molecule has 104 valence electrons. The van der Waals surface area contributed by atoms with Crippen LogP contribution in [0.2, 0.25) is 0 Å². The largest absolute Gasteiger partial charge is 0.234 e. The van der Waals surface area contributed by atoms with Gasteiger partial charge in [-0.3, -0.25) is 0 Å².